The number of piperidine rings is 1. The van der Waals surface area contributed by atoms with Crippen molar-refractivity contribution in [2.45, 2.75) is 25.8 Å². The summed E-state index contributed by atoms with van der Waals surface area (Å²) >= 11 is 0. The minimum Gasteiger partial charge on any atom is -0.481 e. The Hall–Kier alpha value is -1.14. The number of nitrogens with zero attached hydrogens (tertiary/aromatic N) is 1. The second kappa shape index (κ2) is 7.33. The third kappa shape index (κ3) is 4.62. The topological polar surface area (TPSA) is 78.9 Å². The number of carboxylic acid groups (broad SMARTS) is 1. The Morgan fingerprint density at radius 2 is 2.17 bits per heavy atom. The van der Waals surface area contributed by atoms with Gasteiger partial charge in [0.05, 0.1) is 19.6 Å². The lowest BCUT2D eigenvalue weighted by Gasteiger charge is -2.35. The van der Waals surface area contributed by atoms with Crippen LogP contribution in [-0.2, 0) is 14.3 Å². The maximum atomic E-state index is 11.2. The third-order valence-corrected chi connectivity index (χ3v) is 3.14. The molecule has 1 aliphatic heterocycles. The molecule has 1 fully saturated rings. The Balaban J connectivity index is 2.56. The Bertz CT molecular complexity index is 296. The van der Waals surface area contributed by atoms with E-state index in [9.17, 15) is 9.59 Å². The summed E-state index contributed by atoms with van der Waals surface area (Å²) in [4.78, 5) is 24.2. The third-order valence-electron chi connectivity index (χ3n) is 3.14. The van der Waals surface area contributed by atoms with Crippen molar-refractivity contribution < 1.29 is 19.4 Å². The van der Waals surface area contributed by atoms with Crippen LogP contribution in [-0.4, -0.2) is 61.3 Å². The summed E-state index contributed by atoms with van der Waals surface area (Å²) in [5.41, 5.74) is 0. The van der Waals surface area contributed by atoms with Crippen LogP contribution in [0.4, 0.5) is 0 Å². The number of esters is 1. The number of carbonyl (C=O) groups excluding carboxylic acids is 1. The minimum atomic E-state index is -0.798. The highest BCUT2D eigenvalue weighted by molar-refractivity contribution is 5.72. The largest absolute Gasteiger partial charge is 0.481 e. The van der Waals surface area contributed by atoms with Gasteiger partial charge in [-0.25, -0.2) is 0 Å². The number of nitrogens with one attached hydrogen (secondary N) is 1. The van der Waals surface area contributed by atoms with E-state index in [0.29, 0.717) is 19.5 Å². The summed E-state index contributed by atoms with van der Waals surface area (Å²) < 4.78 is 4.62. The van der Waals surface area contributed by atoms with E-state index in [2.05, 4.69) is 17.0 Å². The number of carbonyl (C=O) groups is 2. The van der Waals surface area contributed by atoms with E-state index in [1.54, 1.807) is 0 Å². The molecule has 0 aromatic heterocycles. The second-order valence-electron chi connectivity index (χ2n) is 4.69. The Morgan fingerprint density at radius 3 is 2.72 bits per heavy atom. The molecule has 2 N–H and O–H groups in total. The number of rotatable bonds is 6. The van der Waals surface area contributed by atoms with Gasteiger partial charge in [-0.15, -0.1) is 0 Å². The molecule has 2 unspecified atom stereocenters. The van der Waals surface area contributed by atoms with Gasteiger partial charge in [0.15, 0.2) is 0 Å². The molecule has 104 valence electrons. The Labute approximate surface area is 107 Å². The number of hydrogen-bond acceptors (Lipinski definition) is 5. The van der Waals surface area contributed by atoms with Gasteiger partial charge in [0.2, 0.25) is 0 Å². The van der Waals surface area contributed by atoms with Crippen molar-refractivity contribution in [3.63, 3.8) is 0 Å². The van der Waals surface area contributed by atoms with Crippen molar-refractivity contribution in [1.82, 2.24) is 10.2 Å². The summed E-state index contributed by atoms with van der Waals surface area (Å²) in [6.45, 7) is 4.19. The Morgan fingerprint density at radius 1 is 1.44 bits per heavy atom. The molecule has 0 aromatic carbocycles. The van der Waals surface area contributed by atoms with E-state index >= 15 is 0 Å². The van der Waals surface area contributed by atoms with Gasteiger partial charge in [-0.05, 0) is 19.4 Å². The SMILES string of the molecule is CCCNC1CC(C(=O)O)CN(CC(=O)OC)C1. The van der Waals surface area contributed by atoms with Gasteiger partial charge in [-0.2, -0.15) is 0 Å². The smallest absolute Gasteiger partial charge is 0.319 e. The molecule has 0 saturated carbocycles. The lowest BCUT2D eigenvalue weighted by atomic mass is 9.94. The standard InChI is InChI=1S/C12H22N2O4/c1-3-4-13-10-5-9(12(16)17)6-14(7-10)8-11(15)18-2/h9-10,13H,3-8H2,1-2H3,(H,16,17). The monoisotopic (exact) mass is 258 g/mol. The van der Waals surface area contributed by atoms with E-state index in [-0.39, 0.29) is 18.6 Å². The highest BCUT2D eigenvalue weighted by Gasteiger charge is 2.32. The van der Waals surface area contributed by atoms with Crippen molar-refractivity contribution in [1.29, 1.82) is 0 Å². The molecule has 1 aliphatic rings. The molecule has 1 saturated heterocycles. The number of likely N-dealkylation sites (tertiary alicyclic amines) is 1. The van der Waals surface area contributed by atoms with Crippen molar-refractivity contribution in [2.24, 2.45) is 5.92 Å². The molecule has 18 heavy (non-hydrogen) atoms. The van der Waals surface area contributed by atoms with Gasteiger partial charge in [-0.1, -0.05) is 6.92 Å². The predicted octanol–water partition coefficient (Wildman–Crippen LogP) is -0.0659. The van der Waals surface area contributed by atoms with Crippen LogP contribution in [0, 0.1) is 5.92 Å². The van der Waals surface area contributed by atoms with Crippen molar-refractivity contribution in [3.05, 3.63) is 0 Å². The fourth-order valence-electron chi connectivity index (χ4n) is 2.24. The number of carboxylic acids is 1. The number of hydrogen-bond donors (Lipinski definition) is 2. The quantitative estimate of drug-likeness (QED) is 0.650. The van der Waals surface area contributed by atoms with Crippen LogP contribution < -0.4 is 5.32 Å². The molecular weight excluding hydrogens is 236 g/mol. The lowest BCUT2D eigenvalue weighted by Crippen LogP contribution is -2.52. The first kappa shape index (κ1) is 14.9. The zero-order chi connectivity index (χ0) is 13.5. The average molecular weight is 258 g/mol. The molecule has 0 amide bonds. The van der Waals surface area contributed by atoms with E-state index in [4.69, 9.17) is 5.11 Å². The molecule has 0 bridgehead atoms. The molecule has 2 atom stereocenters. The maximum Gasteiger partial charge on any atom is 0.319 e. The van der Waals surface area contributed by atoms with Crippen LogP contribution in [0.5, 0.6) is 0 Å². The summed E-state index contributed by atoms with van der Waals surface area (Å²) in [6.07, 6.45) is 1.62. The van der Waals surface area contributed by atoms with Gasteiger partial charge >= 0.3 is 11.9 Å². The van der Waals surface area contributed by atoms with Crippen LogP contribution in [0.1, 0.15) is 19.8 Å². The zero-order valence-electron chi connectivity index (χ0n) is 11.0. The summed E-state index contributed by atoms with van der Waals surface area (Å²) in [7, 11) is 1.34. The summed E-state index contributed by atoms with van der Waals surface area (Å²) in [5.74, 6) is -1.54. The van der Waals surface area contributed by atoms with E-state index in [1.807, 2.05) is 4.90 Å². The molecular formula is C12H22N2O4. The van der Waals surface area contributed by atoms with Gasteiger partial charge in [0.25, 0.3) is 0 Å². The molecule has 0 aliphatic carbocycles. The van der Waals surface area contributed by atoms with Crippen LogP contribution >= 0.6 is 0 Å². The zero-order valence-corrected chi connectivity index (χ0v) is 11.0. The van der Waals surface area contributed by atoms with E-state index in [1.165, 1.54) is 7.11 Å². The van der Waals surface area contributed by atoms with Gasteiger partial charge < -0.3 is 15.2 Å². The van der Waals surface area contributed by atoms with Gasteiger partial charge in [-0.3, -0.25) is 14.5 Å². The molecule has 6 nitrogen and oxygen atoms in total. The first-order valence-corrected chi connectivity index (χ1v) is 6.32. The fraction of sp³-hybridized carbons (Fsp3) is 0.833. The minimum absolute atomic E-state index is 0.129. The molecule has 6 heteroatoms. The lowest BCUT2D eigenvalue weighted by molar-refractivity contribution is -0.148. The highest BCUT2D eigenvalue weighted by atomic mass is 16.5. The van der Waals surface area contributed by atoms with Crippen molar-refractivity contribution in [3.8, 4) is 0 Å². The van der Waals surface area contributed by atoms with Gasteiger partial charge in [0.1, 0.15) is 0 Å². The van der Waals surface area contributed by atoms with Crippen LogP contribution in [0.15, 0.2) is 0 Å². The average Bonchev–Trinajstić information content (AvgIpc) is 2.35. The number of ether oxygens (including phenoxy) is 1. The highest BCUT2D eigenvalue weighted by Crippen LogP contribution is 2.17. The van der Waals surface area contributed by atoms with E-state index in [0.717, 1.165) is 13.0 Å². The number of aliphatic carboxylic acids is 1. The molecule has 1 heterocycles. The van der Waals surface area contributed by atoms with E-state index < -0.39 is 11.9 Å². The summed E-state index contributed by atoms with van der Waals surface area (Å²) in [5, 5.41) is 12.4. The van der Waals surface area contributed by atoms with Crippen LogP contribution in [0.3, 0.4) is 0 Å². The van der Waals surface area contributed by atoms with Crippen LogP contribution in [0.25, 0.3) is 0 Å². The van der Waals surface area contributed by atoms with Crippen molar-refractivity contribution in [2.75, 3.05) is 33.3 Å². The van der Waals surface area contributed by atoms with Crippen molar-refractivity contribution >= 4 is 11.9 Å². The molecule has 0 aromatic rings. The first-order valence-electron chi connectivity index (χ1n) is 6.32. The Kier molecular flexibility index (Phi) is 6.07. The number of methoxy groups -OCH3 is 1. The first-order chi connectivity index (χ1) is 8.56. The molecule has 0 radical (unpaired) electrons. The summed E-state index contributed by atoms with van der Waals surface area (Å²) in [6, 6.07) is 0.129. The predicted molar refractivity (Wildman–Crippen MR) is 66.3 cm³/mol. The second-order valence-corrected chi connectivity index (χ2v) is 4.69. The fourth-order valence-corrected chi connectivity index (χ4v) is 2.24. The van der Waals surface area contributed by atoms with Crippen LogP contribution in [0.2, 0.25) is 0 Å². The molecule has 0 spiro atoms. The molecule has 1 rings (SSSR count). The van der Waals surface area contributed by atoms with Gasteiger partial charge in [0, 0.05) is 19.1 Å². The normalized spacial score (nSPS) is 24.8. The maximum absolute atomic E-state index is 11.2.